The molecular weight excluding hydrogens is 156 g/mol. The molecule has 12 heavy (non-hydrogen) atoms. The van der Waals surface area contributed by atoms with Crippen molar-refractivity contribution in [2.45, 2.75) is 0 Å². The number of aryl methyl sites for hydroxylation is 1. The lowest BCUT2D eigenvalue weighted by Gasteiger charge is -1.97. The molecule has 2 aromatic heterocycles. The van der Waals surface area contributed by atoms with E-state index < -0.39 is 0 Å². The van der Waals surface area contributed by atoms with Crippen LogP contribution in [0.2, 0.25) is 0 Å². The van der Waals surface area contributed by atoms with Gasteiger partial charge in [0.2, 0.25) is 0 Å². The van der Waals surface area contributed by atoms with Crippen LogP contribution in [0.5, 0.6) is 0 Å². The van der Waals surface area contributed by atoms with Crippen LogP contribution in [0.15, 0.2) is 12.5 Å². The average Bonchev–Trinajstić information content (AvgIpc) is 2.48. The molecule has 2 rings (SSSR count). The van der Waals surface area contributed by atoms with E-state index in [1.807, 2.05) is 11.6 Å². The van der Waals surface area contributed by atoms with E-state index in [-0.39, 0.29) is 0 Å². The summed E-state index contributed by atoms with van der Waals surface area (Å²) in [5.74, 6) is 5.72. The van der Waals surface area contributed by atoms with Gasteiger partial charge in [-0.2, -0.15) is 5.10 Å². The second-order valence-electron chi connectivity index (χ2n) is 2.43. The number of nitrogens with one attached hydrogen (secondary N) is 1. The number of hydrogen-bond acceptors (Lipinski definition) is 5. The van der Waals surface area contributed by atoms with Gasteiger partial charge in [-0.15, -0.1) is 5.10 Å². The first-order valence-corrected chi connectivity index (χ1v) is 3.42. The van der Waals surface area contributed by atoms with Crippen LogP contribution in [0.3, 0.4) is 0 Å². The summed E-state index contributed by atoms with van der Waals surface area (Å²) in [6.45, 7) is 0. The van der Waals surface area contributed by atoms with Crippen molar-refractivity contribution in [1.82, 2.24) is 19.7 Å². The van der Waals surface area contributed by atoms with Gasteiger partial charge in [0.25, 0.3) is 0 Å². The summed E-state index contributed by atoms with van der Waals surface area (Å²) in [5.41, 5.74) is 4.07. The van der Waals surface area contributed by atoms with Crippen LogP contribution in [0.4, 0.5) is 5.82 Å². The Balaban J connectivity index is 2.81. The Morgan fingerprint density at radius 3 is 3.17 bits per heavy atom. The predicted octanol–water partition coefficient (Wildman–Crippen LogP) is -0.351. The molecule has 0 atom stereocenters. The minimum Gasteiger partial charge on any atom is -0.332 e. The molecule has 0 aliphatic heterocycles. The number of aromatic nitrogens is 4. The van der Waals surface area contributed by atoms with Crippen LogP contribution < -0.4 is 11.3 Å². The smallest absolute Gasteiger partial charge is 0.190 e. The second kappa shape index (κ2) is 2.42. The maximum absolute atomic E-state index is 5.22. The summed E-state index contributed by atoms with van der Waals surface area (Å²) in [5, 5.41) is 7.54. The Morgan fingerprint density at radius 1 is 1.58 bits per heavy atom. The van der Waals surface area contributed by atoms with E-state index in [1.54, 1.807) is 12.5 Å². The van der Waals surface area contributed by atoms with Crippen LogP contribution in [-0.2, 0) is 7.05 Å². The number of nitrogen functional groups attached to an aromatic ring is 1. The Morgan fingerprint density at radius 2 is 2.42 bits per heavy atom. The first kappa shape index (κ1) is 6.99. The van der Waals surface area contributed by atoms with Crippen LogP contribution in [0.1, 0.15) is 0 Å². The molecule has 0 amide bonds. The van der Waals surface area contributed by atoms with E-state index in [4.69, 9.17) is 5.84 Å². The number of nitrogens with zero attached hydrogens (tertiary/aromatic N) is 4. The van der Waals surface area contributed by atoms with Crippen LogP contribution >= 0.6 is 0 Å². The number of nitrogens with two attached hydrogens (primary N) is 1. The van der Waals surface area contributed by atoms with Gasteiger partial charge in [0, 0.05) is 7.05 Å². The highest BCUT2D eigenvalue weighted by atomic mass is 15.3. The summed E-state index contributed by atoms with van der Waals surface area (Å²) in [4.78, 5) is 4.11. The maximum atomic E-state index is 5.22. The van der Waals surface area contributed by atoms with Gasteiger partial charge in [0.15, 0.2) is 5.82 Å². The monoisotopic (exact) mass is 164 g/mol. The number of imidazole rings is 1. The first-order chi connectivity index (χ1) is 5.83. The highest BCUT2D eigenvalue weighted by Crippen LogP contribution is 2.15. The lowest BCUT2D eigenvalue weighted by atomic mass is 10.4. The van der Waals surface area contributed by atoms with Gasteiger partial charge in [-0.3, -0.25) is 0 Å². The summed E-state index contributed by atoms with van der Waals surface area (Å²) in [6, 6.07) is 0. The summed E-state index contributed by atoms with van der Waals surface area (Å²) in [6.07, 6.45) is 3.33. The number of fused-ring (bicyclic) bond motifs is 1. The standard InChI is InChI=1S/C6H8N6/c1-12-3-8-5-4(12)2-9-11-6(5)10-7/h2-3H,7H2,1H3,(H,10,11). The zero-order chi connectivity index (χ0) is 8.55. The molecule has 0 aliphatic carbocycles. The molecule has 0 fully saturated rings. The Hall–Kier alpha value is -1.69. The Labute approximate surface area is 68.4 Å². The Bertz CT molecular complexity index is 405. The highest BCUT2D eigenvalue weighted by molar-refractivity contribution is 5.84. The zero-order valence-electron chi connectivity index (χ0n) is 6.52. The van der Waals surface area contributed by atoms with Crippen LogP contribution in [0, 0.1) is 0 Å². The third kappa shape index (κ3) is 0.817. The topological polar surface area (TPSA) is 81.7 Å². The third-order valence-electron chi connectivity index (χ3n) is 1.68. The molecule has 6 heteroatoms. The molecule has 62 valence electrons. The van der Waals surface area contributed by atoms with Gasteiger partial charge in [0.05, 0.1) is 18.0 Å². The van der Waals surface area contributed by atoms with Crippen molar-refractivity contribution in [1.29, 1.82) is 0 Å². The van der Waals surface area contributed by atoms with Crippen molar-refractivity contribution in [2.75, 3.05) is 5.43 Å². The summed E-state index contributed by atoms with van der Waals surface area (Å²) < 4.78 is 1.85. The third-order valence-corrected chi connectivity index (χ3v) is 1.68. The van der Waals surface area contributed by atoms with E-state index in [1.165, 1.54) is 0 Å². The predicted molar refractivity (Wildman–Crippen MR) is 44.1 cm³/mol. The van der Waals surface area contributed by atoms with Gasteiger partial charge in [0.1, 0.15) is 5.52 Å². The lowest BCUT2D eigenvalue weighted by molar-refractivity contribution is 0.938. The SMILES string of the molecule is Cn1cnc2c(NN)nncc21. The molecule has 2 heterocycles. The maximum Gasteiger partial charge on any atom is 0.190 e. The lowest BCUT2D eigenvalue weighted by Crippen LogP contribution is -2.09. The highest BCUT2D eigenvalue weighted by Gasteiger charge is 2.05. The van der Waals surface area contributed by atoms with Gasteiger partial charge in [-0.1, -0.05) is 0 Å². The van der Waals surface area contributed by atoms with E-state index in [9.17, 15) is 0 Å². The average molecular weight is 164 g/mol. The fourth-order valence-electron chi connectivity index (χ4n) is 1.06. The number of hydrazine groups is 1. The first-order valence-electron chi connectivity index (χ1n) is 3.42. The molecule has 3 N–H and O–H groups in total. The molecule has 0 unspecified atom stereocenters. The van der Waals surface area contributed by atoms with E-state index in [2.05, 4.69) is 20.6 Å². The molecule has 0 aliphatic rings. The van der Waals surface area contributed by atoms with E-state index >= 15 is 0 Å². The second-order valence-corrected chi connectivity index (χ2v) is 2.43. The molecule has 0 aromatic carbocycles. The largest absolute Gasteiger partial charge is 0.332 e. The summed E-state index contributed by atoms with van der Waals surface area (Å²) in [7, 11) is 1.89. The number of rotatable bonds is 1. The van der Waals surface area contributed by atoms with Crippen molar-refractivity contribution in [3.63, 3.8) is 0 Å². The fraction of sp³-hybridized carbons (Fsp3) is 0.167. The van der Waals surface area contributed by atoms with Crippen molar-refractivity contribution >= 4 is 16.9 Å². The van der Waals surface area contributed by atoms with Gasteiger partial charge in [-0.05, 0) is 0 Å². The van der Waals surface area contributed by atoms with Gasteiger partial charge < -0.3 is 9.99 Å². The Kier molecular flexibility index (Phi) is 1.41. The molecule has 0 bridgehead atoms. The molecule has 0 radical (unpaired) electrons. The van der Waals surface area contributed by atoms with Gasteiger partial charge >= 0.3 is 0 Å². The van der Waals surface area contributed by atoms with Crippen molar-refractivity contribution in [3.8, 4) is 0 Å². The van der Waals surface area contributed by atoms with E-state index in [0.29, 0.717) is 5.82 Å². The molecule has 6 nitrogen and oxygen atoms in total. The van der Waals surface area contributed by atoms with Crippen LogP contribution in [0.25, 0.3) is 11.0 Å². The number of anilines is 1. The minimum absolute atomic E-state index is 0.494. The zero-order valence-corrected chi connectivity index (χ0v) is 6.52. The molecule has 0 saturated heterocycles. The molecule has 2 aromatic rings. The van der Waals surface area contributed by atoms with Crippen molar-refractivity contribution in [3.05, 3.63) is 12.5 Å². The van der Waals surface area contributed by atoms with Crippen molar-refractivity contribution < 1.29 is 0 Å². The number of hydrogen-bond donors (Lipinski definition) is 2. The minimum atomic E-state index is 0.494. The van der Waals surface area contributed by atoms with Crippen LogP contribution in [-0.4, -0.2) is 19.7 Å². The molecule has 0 saturated carbocycles. The van der Waals surface area contributed by atoms with Gasteiger partial charge in [-0.25, -0.2) is 10.8 Å². The molecular formula is C6H8N6. The summed E-state index contributed by atoms with van der Waals surface area (Å²) >= 11 is 0. The normalized spacial score (nSPS) is 10.5. The van der Waals surface area contributed by atoms with E-state index in [0.717, 1.165) is 11.0 Å². The fourth-order valence-corrected chi connectivity index (χ4v) is 1.06. The quantitative estimate of drug-likeness (QED) is 0.444. The molecule has 0 spiro atoms. The van der Waals surface area contributed by atoms with Crippen molar-refractivity contribution in [2.24, 2.45) is 12.9 Å².